The molecule has 0 atom stereocenters. The maximum atomic E-state index is 4.51. The topological polar surface area (TPSA) is 35.6 Å². The summed E-state index contributed by atoms with van der Waals surface area (Å²) in [5.74, 6) is 0. The zero-order valence-corrected chi connectivity index (χ0v) is 23.0. The maximum Gasteiger partial charge on any atom is 0.0645 e. The third-order valence-electron chi connectivity index (χ3n) is 9.63. The largest absolute Gasteiger partial charge is 0.307 e. The SMILES string of the molecule is c1cncc(-n2c3ccccc3c3cc4c5c(c32)CCc2cc3c6ccccc6n(-c6cccnc6)c3c(c2-5)CC4)c1. The van der Waals surface area contributed by atoms with E-state index in [4.69, 9.17) is 0 Å². The van der Waals surface area contributed by atoms with Gasteiger partial charge >= 0.3 is 0 Å². The first-order valence-electron chi connectivity index (χ1n) is 14.8. The zero-order valence-electron chi connectivity index (χ0n) is 23.0. The molecular formula is C38H26N4. The zero-order chi connectivity index (χ0) is 27.4. The lowest BCUT2D eigenvalue weighted by molar-refractivity contribution is 0.883. The summed E-state index contributed by atoms with van der Waals surface area (Å²) in [6.07, 6.45) is 11.9. The molecule has 2 aliphatic rings. The minimum absolute atomic E-state index is 1.04. The lowest BCUT2D eigenvalue weighted by Crippen LogP contribution is -2.16. The Hall–Kier alpha value is -5.22. The number of hydrogen-bond donors (Lipinski definition) is 0. The normalized spacial score (nSPS) is 13.8. The van der Waals surface area contributed by atoms with Gasteiger partial charge < -0.3 is 9.13 Å². The van der Waals surface area contributed by atoms with Crippen molar-refractivity contribution in [2.75, 3.05) is 0 Å². The number of nitrogens with zero attached hydrogens (tertiary/aromatic N) is 4. The molecule has 42 heavy (non-hydrogen) atoms. The number of aryl methyl sites for hydroxylation is 4. The van der Waals surface area contributed by atoms with Crippen LogP contribution in [0.4, 0.5) is 0 Å². The van der Waals surface area contributed by atoms with Gasteiger partial charge in [-0.05, 0) is 108 Å². The van der Waals surface area contributed by atoms with E-state index < -0.39 is 0 Å². The minimum atomic E-state index is 1.04. The summed E-state index contributed by atoms with van der Waals surface area (Å²) in [6.45, 7) is 0. The standard InChI is InChI=1S/C38H26N4/c1-3-11-33-27(9-1)31-19-23-13-16-30-36-24(14-15-29(35(23)36)37(31)41(33)25-7-5-17-39-21-25)20-32-28-10-2-4-12-34(28)42(38(30)32)26-8-6-18-40-22-26/h1-12,17-22H,13-16H2. The second-order valence-corrected chi connectivity index (χ2v) is 11.7. The van der Waals surface area contributed by atoms with Crippen LogP contribution in [-0.2, 0) is 25.7 Å². The Bertz CT molecular complexity index is 2220. The van der Waals surface area contributed by atoms with Crippen molar-refractivity contribution in [2.45, 2.75) is 25.7 Å². The van der Waals surface area contributed by atoms with Gasteiger partial charge in [-0.15, -0.1) is 0 Å². The van der Waals surface area contributed by atoms with Gasteiger partial charge in [-0.1, -0.05) is 36.4 Å². The molecule has 0 radical (unpaired) electrons. The first-order chi connectivity index (χ1) is 20.9. The van der Waals surface area contributed by atoms with E-state index in [1.807, 2.05) is 36.9 Å². The Morgan fingerprint density at radius 3 is 1.40 bits per heavy atom. The predicted molar refractivity (Wildman–Crippen MR) is 171 cm³/mol. The van der Waals surface area contributed by atoms with Crippen molar-refractivity contribution in [1.29, 1.82) is 0 Å². The second-order valence-electron chi connectivity index (χ2n) is 11.7. The molecule has 0 aliphatic heterocycles. The number of benzene rings is 4. The van der Waals surface area contributed by atoms with E-state index in [0.717, 1.165) is 37.1 Å². The highest BCUT2D eigenvalue weighted by Gasteiger charge is 2.32. The molecule has 4 aromatic carbocycles. The van der Waals surface area contributed by atoms with Gasteiger partial charge in [0, 0.05) is 33.9 Å². The van der Waals surface area contributed by atoms with Crippen LogP contribution in [0.5, 0.6) is 0 Å². The van der Waals surface area contributed by atoms with Crippen molar-refractivity contribution in [3.63, 3.8) is 0 Å². The fourth-order valence-corrected chi connectivity index (χ4v) is 8.07. The Morgan fingerprint density at radius 2 is 0.952 bits per heavy atom. The molecule has 0 bridgehead atoms. The molecule has 0 unspecified atom stereocenters. The highest BCUT2D eigenvalue weighted by Crippen LogP contribution is 2.50. The highest BCUT2D eigenvalue weighted by molar-refractivity contribution is 6.15. The molecule has 4 nitrogen and oxygen atoms in total. The summed E-state index contributed by atoms with van der Waals surface area (Å²) >= 11 is 0. The van der Waals surface area contributed by atoms with E-state index >= 15 is 0 Å². The Kier molecular flexibility index (Phi) is 4.37. The summed E-state index contributed by atoms with van der Waals surface area (Å²) in [6, 6.07) is 31.2. The van der Waals surface area contributed by atoms with Gasteiger partial charge in [-0.3, -0.25) is 9.97 Å². The third kappa shape index (κ3) is 2.81. The monoisotopic (exact) mass is 538 g/mol. The Balaban J connectivity index is 1.37. The van der Waals surface area contributed by atoms with Crippen molar-refractivity contribution >= 4 is 43.6 Å². The van der Waals surface area contributed by atoms with Gasteiger partial charge in [0.15, 0.2) is 0 Å². The van der Waals surface area contributed by atoms with E-state index in [-0.39, 0.29) is 0 Å². The summed E-state index contributed by atoms with van der Waals surface area (Å²) in [4.78, 5) is 9.02. The van der Waals surface area contributed by atoms with E-state index in [1.165, 1.54) is 77.0 Å². The van der Waals surface area contributed by atoms with Crippen LogP contribution in [0.15, 0.2) is 110 Å². The number of rotatable bonds is 2. The molecule has 4 aromatic heterocycles. The van der Waals surface area contributed by atoms with Crippen LogP contribution in [0.1, 0.15) is 22.3 Å². The number of pyridine rings is 2. The van der Waals surface area contributed by atoms with Gasteiger partial charge in [0.25, 0.3) is 0 Å². The van der Waals surface area contributed by atoms with Crippen molar-refractivity contribution in [1.82, 2.24) is 19.1 Å². The van der Waals surface area contributed by atoms with Crippen LogP contribution in [0.2, 0.25) is 0 Å². The molecule has 0 spiro atoms. The Morgan fingerprint density at radius 1 is 0.476 bits per heavy atom. The van der Waals surface area contributed by atoms with Crippen LogP contribution in [0.3, 0.4) is 0 Å². The fraction of sp³-hybridized carbons (Fsp3) is 0.105. The Labute approximate surface area is 242 Å². The number of hydrogen-bond acceptors (Lipinski definition) is 2. The molecule has 10 rings (SSSR count). The van der Waals surface area contributed by atoms with Gasteiger partial charge in [0.05, 0.1) is 45.8 Å². The molecular weight excluding hydrogens is 512 g/mol. The average Bonchev–Trinajstić information content (AvgIpc) is 3.57. The quantitative estimate of drug-likeness (QED) is 0.221. The van der Waals surface area contributed by atoms with Crippen molar-refractivity contribution in [3.8, 4) is 22.5 Å². The van der Waals surface area contributed by atoms with Crippen molar-refractivity contribution in [3.05, 3.63) is 132 Å². The van der Waals surface area contributed by atoms with Gasteiger partial charge in [-0.2, -0.15) is 0 Å². The number of para-hydroxylation sites is 2. The second kappa shape index (κ2) is 8.17. The molecule has 0 fully saturated rings. The third-order valence-corrected chi connectivity index (χ3v) is 9.63. The molecule has 4 heteroatoms. The predicted octanol–water partition coefficient (Wildman–Crippen LogP) is 8.54. The molecule has 2 aliphatic carbocycles. The van der Waals surface area contributed by atoms with E-state index in [0.29, 0.717) is 0 Å². The molecule has 0 saturated heterocycles. The number of fused-ring (bicyclic) bond motifs is 8. The summed E-state index contributed by atoms with van der Waals surface area (Å²) < 4.78 is 4.91. The summed E-state index contributed by atoms with van der Waals surface area (Å²) in [7, 11) is 0. The maximum absolute atomic E-state index is 4.51. The van der Waals surface area contributed by atoms with E-state index in [2.05, 4.69) is 91.9 Å². The first-order valence-corrected chi connectivity index (χ1v) is 14.8. The molecule has 0 saturated carbocycles. The fourth-order valence-electron chi connectivity index (χ4n) is 8.07. The van der Waals surface area contributed by atoms with Gasteiger partial charge in [0.2, 0.25) is 0 Å². The van der Waals surface area contributed by atoms with Crippen LogP contribution in [0, 0.1) is 0 Å². The van der Waals surface area contributed by atoms with Gasteiger partial charge in [-0.25, -0.2) is 0 Å². The minimum Gasteiger partial charge on any atom is -0.307 e. The van der Waals surface area contributed by atoms with Gasteiger partial charge in [0.1, 0.15) is 0 Å². The molecule has 0 amide bonds. The molecule has 0 N–H and O–H groups in total. The average molecular weight is 539 g/mol. The van der Waals surface area contributed by atoms with E-state index in [9.17, 15) is 0 Å². The molecule has 8 aromatic rings. The van der Waals surface area contributed by atoms with E-state index in [1.54, 1.807) is 0 Å². The highest BCUT2D eigenvalue weighted by atomic mass is 15.0. The van der Waals surface area contributed by atoms with Crippen LogP contribution in [-0.4, -0.2) is 19.1 Å². The lowest BCUT2D eigenvalue weighted by atomic mass is 9.74. The van der Waals surface area contributed by atoms with Crippen LogP contribution < -0.4 is 0 Å². The first kappa shape index (κ1) is 22.5. The lowest BCUT2D eigenvalue weighted by Gasteiger charge is -2.31. The van der Waals surface area contributed by atoms with Crippen LogP contribution >= 0.6 is 0 Å². The summed E-state index contributed by atoms with van der Waals surface area (Å²) in [5.41, 5.74) is 16.3. The summed E-state index contributed by atoms with van der Waals surface area (Å²) in [5, 5.41) is 5.36. The van der Waals surface area contributed by atoms with Crippen LogP contribution in [0.25, 0.3) is 66.1 Å². The van der Waals surface area contributed by atoms with Crippen molar-refractivity contribution in [2.24, 2.45) is 0 Å². The molecule has 4 heterocycles. The van der Waals surface area contributed by atoms with Crippen molar-refractivity contribution < 1.29 is 0 Å². The molecule has 198 valence electrons. The smallest absolute Gasteiger partial charge is 0.0645 e. The number of aromatic nitrogens is 4.